The Balaban J connectivity index is 0. The van der Waals surface area contributed by atoms with Crippen molar-refractivity contribution in [3.63, 3.8) is 0 Å². The van der Waals surface area contributed by atoms with Gasteiger partial charge >= 0.3 is 22.7 Å². The Kier molecular flexibility index (Phi) is 16.2. The van der Waals surface area contributed by atoms with E-state index in [4.69, 9.17) is 5.11 Å². The number of unbranched alkanes of at least 4 members (excludes halogenated alkanes) is 8. The van der Waals surface area contributed by atoms with Crippen LogP contribution in [0.3, 0.4) is 0 Å². The number of hydrogen-bond donors (Lipinski definition) is 1. The average Bonchev–Trinajstić information content (AvgIpc) is 2.15. The molecular weight excluding hydrogens is 235 g/mol. The van der Waals surface area contributed by atoms with E-state index in [0.29, 0.717) is 6.42 Å². The average molecular weight is 259 g/mol. The quantitative estimate of drug-likeness (QED) is 0.602. The van der Waals surface area contributed by atoms with Crippen molar-refractivity contribution in [2.75, 3.05) is 0 Å². The molecular formula is C12H24CoO2+2. The van der Waals surface area contributed by atoms with Gasteiger partial charge in [-0.25, -0.2) is 0 Å². The van der Waals surface area contributed by atoms with Crippen molar-refractivity contribution >= 4 is 5.97 Å². The van der Waals surface area contributed by atoms with Crippen molar-refractivity contribution in [2.45, 2.75) is 71.1 Å². The Morgan fingerprint density at radius 2 is 1.27 bits per heavy atom. The first kappa shape index (κ1) is 17.4. The van der Waals surface area contributed by atoms with Crippen molar-refractivity contribution in [3.8, 4) is 0 Å². The summed E-state index contributed by atoms with van der Waals surface area (Å²) in [5, 5.41) is 8.41. The molecule has 0 rings (SSSR count). The monoisotopic (exact) mass is 259 g/mol. The maximum atomic E-state index is 10.2. The molecule has 0 aliphatic rings. The predicted octanol–water partition coefficient (Wildman–Crippen LogP) is 3.99. The number of carboxylic acids is 1. The maximum absolute atomic E-state index is 10.2. The van der Waals surface area contributed by atoms with E-state index in [9.17, 15) is 4.79 Å². The SMILES string of the molecule is CCCCCCCCCCCC(=O)O.[Co+2]. The van der Waals surface area contributed by atoms with Crippen LogP contribution in [0.1, 0.15) is 71.1 Å². The first-order valence-electron chi connectivity index (χ1n) is 5.99. The van der Waals surface area contributed by atoms with Gasteiger partial charge in [0.2, 0.25) is 0 Å². The molecule has 1 N–H and O–H groups in total. The largest absolute Gasteiger partial charge is 2.00 e. The summed E-state index contributed by atoms with van der Waals surface area (Å²) in [7, 11) is 0. The molecule has 1 radical (unpaired) electrons. The van der Waals surface area contributed by atoms with Crippen molar-refractivity contribution in [1.82, 2.24) is 0 Å². The minimum absolute atomic E-state index is 0. The van der Waals surface area contributed by atoms with E-state index < -0.39 is 5.97 Å². The van der Waals surface area contributed by atoms with Gasteiger partial charge in [0, 0.05) is 6.42 Å². The number of carboxylic acid groups (broad SMARTS) is 1. The third kappa shape index (κ3) is 16.6. The Morgan fingerprint density at radius 3 is 1.67 bits per heavy atom. The third-order valence-corrected chi connectivity index (χ3v) is 2.49. The summed E-state index contributed by atoms with van der Waals surface area (Å²) in [5.41, 5.74) is 0. The van der Waals surface area contributed by atoms with E-state index in [1.807, 2.05) is 0 Å². The molecule has 0 aliphatic carbocycles. The molecule has 0 saturated carbocycles. The number of hydrogen-bond acceptors (Lipinski definition) is 1. The molecule has 3 heteroatoms. The zero-order valence-electron chi connectivity index (χ0n) is 9.76. The summed E-state index contributed by atoms with van der Waals surface area (Å²) in [5.74, 6) is -0.659. The summed E-state index contributed by atoms with van der Waals surface area (Å²) >= 11 is 0. The van der Waals surface area contributed by atoms with Gasteiger partial charge < -0.3 is 5.11 Å². The second kappa shape index (κ2) is 14.0. The fourth-order valence-electron chi connectivity index (χ4n) is 1.59. The van der Waals surface area contributed by atoms with E-state index in [0.717, 1.165) is 12.8 Å². The van der Waals surface area contributed by atoms with Crippen LogP contribution in [0, 0.1) is 0 Å². The second-order valence-corrected chi connectivity index (χ2v) is 3.97. The Bertz CT molecular complexity index is 138. The van der Waals surface area contributed by atoms with Crippen LogP contribution in [-0.4, -0.2) is 11.1 Å². The normalized spacial score (nSPS) is 9.67. The summed E-state index contributed by atoms with van der Waals surface area (Å²) < 4.78 is 0. The Labute approximate surface area is 104 Å². The van der Waals surface area contributed by atoms with Gasteiger partial charge in [-0.2, -0.15) is 0 Å². The smallest absolute Gasteiger partial charge is 0.481 e. The second-order valence-electron chi connectivity index (χ2n) is 3.97. The zero-order valence-corrected chi connectivity index (χ0v) is 10.8. The fourth-order valence-corrected chi connectivity index (χ4v) is 1.59. The molecule has 0 amide bonds. The maximum Gasteiger partial charge on any atom is 2.00 e. The minimum atomic E-state index is -0.659. The van der Waals surface area contributed by atoms with Crippen molar-refractivity contribution in [1.29, 1.82) is 0 Å². The predicted molar refractivity (Wildman–Crippen MR) is 59.5 cm³/mol. The molecule has 0 atom stereocenters. The molecule has 0 aromatic rings. The molecule has 0 aromatic carbocycles. The van der Waals surface area contributed by atoms with Crippen molar-refractivity contribution < 1.29 is 26.7 Å². The topological polar surface area (TPSA) is 37.3 Å². The molecule has 15 heavy (non-hydrogen) atoms. The molecule has 0 aliphatic heterocycles. The zero-order chi connectivity index (χ0) is 10.6. The van der Waals surface area contributed by atoms with E-state index in [1.165, 1.54) is 44.9 Å². The first-order chi connectivity index (χ1) is 6.77. The summed E-state index contributed by atoms with van der Waals surface area (Å²) in [4.78, 5) is 10.2. The molecule has 0 aromatic heterocycles. The van der Waals surface area contributed by atoms with Crippen LogP contribution < -0.4 is 0 Å². The van der Waals surface area contributed by atoms with Gasteiger partial charge in [-0.15, -0.1) is 0 Å². The van der Waals surface area contributed by atoms with Crippen LogP contribution in [0.4, 0.5) is 0 Å². The standard InChI is InChI=1S/C12H24O2.Co/c1-2-3-4-5-6-7-8-9-10-11-12(13)14;/h2-11H2,1H3,(H,13,14);/q;+2. The summed E-state index contributed by atoms with van der Waals surface area (Å²) in [6.45, 7) is 2.23. The summed E-state index contributed by atoms with van der Waals surface area (Å²) in [6.07, 6.45) is 11.5. The molecule has 0 saturated heterocycles. The van der Waals surface area contributed by atoms with Gasteiger partial charge in [-0.1, -0.05) is 58.3 Å². The van der Waals surface area contributed by atoms with Crippen LogP contribution in [0.15, 0.2) is 0 Å². The van der Waals surface area contributed by atoms with Crippen molar-refractivity contribution in [3.05, 3.63) is 0 Å². The van der Waals surface area contributed by atoms with Gasteiger partial charge in [0.25, 0.3) is 0 Å². The molecule has 2 nitrogen and oxygen atoms in total. The Hall–Kier alpha value is -0.0235. The Morgan fingerprint density at radius 1 is 0.867 bits per heavy atom. The van der Waals surface area contributed by atoms with Gasteiger partial charge in [-0.05, 0) is 6.42 Å². The molecule has 0 spiro atoms. The van der Waals surface area contributed by atoms with Crippen LogP contribution in [0.25, 0.3) is 0 Å². The molecule has 0 heterocycles. The van der Waals surface area contributed by atoms with Gasteiger partial charge in [0.15, 0.2) is 0 Å². The van der Waals surface area contributed by atoms with E-state index >= 15 is 0 Å². The van der Waals surface area contributed by atoms with Gasteiger partial charge in [-0.3, -0.25) is 4.79 Å². The number of carbonyl (C=O) groups is 1. The van der Waals surface area contributed by atoms with Crippen LogP contribution in [0.5, 0.6) is 0 Å². The molecule has 91 valence electrons. The van der Waals surface area contributed by atoms with Crippen LogP contribution >= 0.6 is 0 Å². The first-order valence-corrected chi connectivity index (χ1v) is 5.99. The van der Waals surface area contributed by atoms with E-state index in [-0.39, 0.29) is 16.8 Å². The molecule has 0 fully saturated rings. The van der Waals surface area contributed by atoms with Crippen molar-refractivity contribution in [2.24, 2.45) is 0 Å². The summed E-state index contributed by atoms with van der Waals surface area (Å²) in [6, 6.07) is 0. The number of aliphatic carboxylic acids is 1. The van der Waals surface area contributed by atoms with E-state index in [2.05, 4.69) is 6.92 Å². The van der Waals surface area contributed by atoms with Crippen LogP contribution in [-0.2, 0) is 21.6 Å². The van der Waals surface area contributed by atoms with Crippen LogP contribution in [0.2, 0.25) is 0 Å². The number of rotatable bonds is 10. The van der Waals surface area contributed by atoms with Gasteiger partial charge in [0.1, 0.15) is 0 Å². The minimum Gasteiger partial charge on any atom is -0.481 e. The fraction of sp³-hybridized carbons (Fsp3) is 0.917. The molecule has 0 unspecified atom stereocenters. The molecule has 0 bridgehead atoms. The third-order valence-electron chi connectivity index (χ3n) is 2.49. The van der Waals surface area contributed by atoms with E-state index in [1.54, 1.807) is 0 Å². The van der Waals surface area contributed by atoms with Gasteiger partial charge in [0.05, 0.1) is 0 Å².